The average molecular weight is 202 g/mol. The molecule has 0 N–H and O–H groups in total. The molecule has 0 heteroatoms. The third kappa shape index (κ3) is 2.50. The Kier molecular flexibility index (Phi) is 4.14. The van der Waals surface area contributed by atoms with Crippen molar-refractivity contribution in [1.29, 1.82) is 0 Å². The second-order valence-corrected chi connectivity index (χ2v) is 4.26. The molecule has 0 saturated carbocycles. The van der Waals surface area contributed by atoms with Crippen molar-refractivity contribution in [2.24, 2.45) is 0 Å². The lowest BCUT2D eigenvalue weighted by Crippen LogP contribution is -2.30. The van der Waals surface area contributed by atoms with Gasteiger partial charge in [-0.2, -0.15) is 0 Å². The highest BCUT2D eigenvalue weighted by Crippen LogP contribution is 2.08. The molecule has 0 aliphatic rings. The van der Waals surface area contributed by atoms with Crippen molar-refractivity contribution in [1.82, 2.24) is 0 Å². The first-order valence-corrected chi connectivity index (χ1v) is 5.89. The minimum atomic E-state index is 1.14. The Hall–Kier alpha value is -1.04. The number of aryl methyl sites for hydroxylation is 2. The summed E-state index contributed by atoms with van der Waals surface area (Å²) in [6, 6.07) is 4.38. The van der Waals surface area contributed by atoms with Crippen LogP contribution in [-0.4, -0.2) is 0 Å². The van der Waals surface area contributed by atoms with Gasteiger partial charge < -0.3 is 0 Å². The average Bonchev–Trinajstić information content (AvgIpc) is 2.22. The molecule has 0 aliphatic carbocycles. The molecule has 0 nitrogen and oxygen atoms in total. The monoisotopic (exact) mass is 202 g/mol. The van der Waals surface area contributed by atoms with Crippen LogP contribution in [0.3, 0.4) is 0 Å². The van der Waals surface area contributed by atoms with Crippen LogP contribution in [0.25, 0.3) is 12.2 Å². The fourth-order valence-corrected chi connectivity index (χ4v) is 2.14. The van der Waals surface area contributed by atoms with Crippen LogP contribution in [0.15, 0.2) is 12.1 Å². The van der Waals surface area contributed by atoms with E-state index in [4.69, 9.17) is 0 Å². The third-order valence-corrected chi connectivity index (χ3v) is 3.09. The van der Waals surface area contributed by atoms with Gasteiger partial charge in [0.15, 0.2) is 0 Å². The van der Waals surface area contributed by atoms with Crippen molar-refractivity contribution in [3.8, 4) is 0 Å². The molecule has 0 amide bonds. The summed E-state index contributed by atoms with van der Waals surface area (Å²) < 4.78 is 0. The molecule has 0 radical (unpaired) electrons. The molecule has 1 aromatic rings. The smallest absolute Gasteiger partial charge is 0.0166 e. The van der Waals surface area contributed by atoms with Gasteiger partial charge in [-0.3, -0.25) is 0 Å². The van der Waals surface area contributed by atoms with Gasteiger partial charge in [-0.15, -0.1) is 0 Å². The van der Waals surface area contributed by atoms with E-state index in [1.54, 1.807) is 5.57 Å². The second kappa shape index (κ2) is 5.16. The summed E-state index contributed by atoms with van der Waals surface area (Å²) in [5.41, 5.74) is 4.23. The molecule has 0 spiro atoms. The minimum Gasteiger partial charge on any atom is -0.0909 e. The second-order valence-electron chi connectivity index (χ2n) is 4.26. The maximum absolute atomic E-state index is 4.21. The summed E-state index contributed by atoms with van der Waals surface area (Å²) >= 11 is 0. The first-order valence-electron chi connectivity index (χ1n) is 5.89. The number of rotatable bonds is 3. The molecular weight excluding hydrogens is 180 g/mol. The topological polar surface area (TPSA) is 0 Å². The van der Waals surface area contributed by atoms with Crippen molar-refractivity contribution in [2.45, 2.75) is 47.0 Å². The van der Waals surface area contributed by atoms with Gasteiger partial charge in [0.05, 0.1) is 0 Å². The van der Waals surface area contributed by atoms with E-state index in [0.717, 1.165) is 6.42 Å². The van der Waals surface area contributed by atoms with E-state index in [2.05, 4.69) is 46.4 Å². The van der Waals surface area contributed by atoms with Crippen molar-refractivity contribution < 1.29 is 0 Å². The molecule has 0 fully saturated rings. The van der Waals surface area contributed by atoms with Crippen LogP contribution in [0.2, 0.25) is 0 Å². The van der Waals surface area contributed by atoms with Gasteiger partial charge in [-0.1, -0.05) is 44.6 Å². The summed E-state index contributed by atoms with van der Waals surface area (Å²) in [5.74, 6) is 0. The van der Waals surface area contributed by atoms with Gasteiger partial charge in [-0.25, -0.2) is 0 Å². The number of hydrogen-bond donors (Lipinski definition) is 0. The molecule has 82 valence electrons. The fraction of sp³-hybridized carbons (Fsp3) is 0.467. The van der Waals surface area contributed by atoms with Crippen LogP contribution >= 0.6 is 0 Å². The Morgan fingerprint density at radius 2 is 1.73 bits per heavy atom. The highest BCUT2D eigenvalue weighted by atomic mass is 14.1. The van der Waals surface area contributed by atoms with E-state index < -0.39 is 0 Å². The summed E-state index contributed by atoms with van der Waals surface area (Å²) in [6.07, 6.45) is 3.56. The Balaban J connectivity index is 3.58. The molecule has 15 heavy (non-hydrogen) atoms. The van der Waals surface area contributed by atoms with E-state index in [1.807, 2.05) is 0 Å². The predicted molar refractivity (Wildman–Crippen MR) is 69.3 cm³/mol. The molecule has 0 heterocycles. The van der Waals surface area contributed by atoms with Crippen molar-refractivity contribution >= 4 is 12.2 Å². The zero-order chi connectivity index (χ0) is 11.4. The number of hydrogen-bond acceptors (Lipinski definition) is 0. The highest BCUT2D eigenvalue weighted by molar-refractivity contribution is 5.48. The van der Waals surface area contributed by atoms with Crippen LogP contribution in [0.4, 0.5) is 0 Å². The summed E-state index contributed by atoms with van der Waals surface area (Å²) in [7, 11) is 0. The summed E-state index contributed by atoms with van der Waals surface area (Å²) in [4.78, 5) is 0. The third-order valence-electron chi connectivity index (χ3n) is 3.09. The minimum absolute atomic E-state index is 1.14. The van der Waals surface area contributed by atoms with Crippen LogP contribution in [0.5, 0.6) is 0 Å². The lowest BCUT2D eigenvalue weighted by atomic mass is 9.98. The Labute approximate surface area is 93.3 Å². The van der Waals surface area contributed by atoms with Crippen LogP contribution in [0.1, 0.15) is 44.2 Å². The molecule has 0 aliphatic heterocycles. The van der Waals surface area contributed by atoms with Gasteiger partial charge in [0.2, 0.25) is 0 Å². The van der Waals surface area contributed by atoms with Crippen LogP contribution in [0, 0.1) is 13.8 Å². The van der Waals surface area contributed by atoms with Gasteiger partial charge in [-0.05, 0) is 48.3 Å². The van der Waals surface area contributed by atoms with E-state index in [-0.39, 0.29) is 0 Å². The molecule has 0 aromatic heterocycles. The van der Waals surface area contributed by atoms with Gasteiger partial charge in [0, 0.05) is 0 Å². The molecular formula is C15H22. The van der Waals surface area contributed by atoms with E-state index in [1.165, 1.54) is 34.4 Å². The van der Waals surface area contributed by atoms with Gasteiger partial charge in [0.25, 0.3) is 0 Å². The zero-order valence-electron chi connectivity index (χ0n) is 10.5. The maximum Gasteiger partial charge on any atom is -0.0166 e. The van der Waals surface area contributed by atoms with Crippen molar-refractivity contribution in [3.63, 3.8) is 0 Å². The SMILES string of the molecule is C=c1c(C)ccc(C)/c1=C(/CC)CCC. The van der Waals surface area contributed by atoms with Crippen LogP contribution in [-0.2, 0) is 0 Å². The first kappa shape index (κ1) is 12.0. The van der Waals surface area contributed by atoms with Crippen molar-refractivity contribution in [2.75, 3.05) is 0 Å². The van der Waals surface area contributed by atoms with Crippen LogP contribution < -0.4 is 10.4 Å². The zero-order valence-corrected chi connectivity index (χ0v) is 10.5. The largest absolute Gasteiger partial charge is 0.0909 e. The Morgan fingerprint density at radius 1 is 1.13 bits per heavy atom. The Bertz CT molecular complexity index is 438. The highest BCUT2D eigenvalue weighted by Gasteiger charge is 2.00. The quantitative estimate of drug-likeness (QED) is 0.706. The molecule has 0 bridgehead atoms. The van der Waals surface area contributed by atoms with E-state index in [0.29, 0.717) is 0 Å². The van der Waals surface area contributed by atoms with Gasteiger partial charge in [0.1, 0.15) is 0 Å². The lowest BCUT2D eigenvalue weighted by Gasteiger charge is -2.07. The maximum atomic E-state index is 4.21. The van der Waals surface area contributed by atoms with Gasteiger partial charge >= 0.3 is 0 Å². The normalized spacial score (nSPS) is 12.8. The molecule has 0 atom stereocenters. The lowest BCUT2D eigenvalue weighted by molar-refractivity contribution is 0.928. The molecule has 1 rings (SSSR count). The fourth-order valence-electron chi connectivity index (χ4n) is 2.14. The predicted octanol–water partition coefficient (Wildman–Crippen LogP) is 3.07. The van der Waals surface area contributed by atoms with E-state index in [9.17, 15) is 0 Å². The number of benzene rings is 1. The molecule has 0 saturated heterocycles. The van der Waals surface area contributed by atoms with Crippen molar-refractivity contribution in [3.05, 3.63) is 33.7 Å². The molecule has 0 unspecified atom stereocenters. The summed E-state index contributed by atoms with van der Waals surface area (Å²) in [6.45, 7) is 13.0. The Morgan fingerprint density at radius 3 is 2.27 bits per heavy atom. The standard InChI is InChI=1S/C15H22/c1-6-8-14(7-2)15-12(4)10-9-11(3)13(15)5/h9-10H,5-8H2,1-4H3/b15-14+. The first-order chi connectivity index (χ1) is 7.11. The summed E-state index contributed by atoms with van der Waals surface area (Å²) in [5, 5.41) is 2.64. The molecule has 1 aromatic carbocycles. The van der Waals surface area contributed by atoms with E-state index >= 15 is 0 Å².